The lowest BCUT2D eigenvalue weighted by Gasteiger charge is -2.35. The summed E-state index contributed by atoms with van der Waals surface area (Å²) < 4.78 is 8.57. The van der Waals surface area contributed by atoms with E-state index in [-0.39, 0.29) is 6.04 Å². The van der Waals surface area contributed by atoms with Crippen molar-refractivity contribution in [3.63, 3.8) is 0 Å². The minimum absolute atomic E-state index is 0.0590. The number of hydrogen-bond acceptors (Lipinski definition) is 5. The quantitative estimate of drug-likeness (QED) is 0.196. The summed E-state index contributed by atoms with van der Waals surface area (Å²) in [5.74, 6) is 1.86. The minimum atomic E-state index is -0.0590. The van der Waals surface area contributed by atoms with Gasteiger partial charge in [0.2, 0.25) is 11.6 Å². The first-order valence-electron chi connectivity index (χ1n) is 15.1. The van der Waals surface area contributed by atoms with Crippen LogP contribution in [0.15, 0.2) is 144 Å². The van der Waals surface area contributed by atoms with Gasteiger partial charge < -0.3 is 9.32 Å². The number of benzene rings is 5. The molecule has 4 heterocycles. The van der Waals surface area contributed by atoms with Crippen molar-refractivity contribution in [2.24, 2.45) is 0 Å². The SMILES string of the molecule is C1=CC2=[N+](c3nc(-c4ccccc4)nc(-c4ccccc4)n3)c3ccccc3N3c4c(ccc5oc6ccccc6c45)C(=C1)C23. The molecular weight excluding hydrogens is 554 g/mol. The summed E-state index contributed by atoms with van der Waals surface area (Å²) >= 11 is 0. The van der Waals surface area contributed by atoms with E-state index in [0.29, 0.717) is 17.6 Å². The largest absolute Gasteiger partial charge is 0.456 e. The molecule has 5 aromatic carbocycles. The Kier molecular flexibility index (Phi) is 4.96. The average molecular weight is 579 g/mol. The van der Waals surface area contributed by atoms with Crippen molar-refractivity contribution in [1.29, 1.82) is 0 Å². The molecule has 0 saturated heterocycles. The lowest BCUT2D eigenvalue weighted by Crippen LogP contribution is -2.43. The van der Waals surface area contributed by atoms with Crippen molar-refractivity contribution in [3.05, 3.63) is 145 Å². The molecule has 45 heavy (non-hydrogen) atoms. The molecule has 2 aromatic heterocycles. The summed E-state index contributed by atoms with van der Waals surface area (Å²) in [5, 5.41) is 2.26. The van der Waals surface area contributed by atoms with E-state index in [1.165, 1.54) is 16.8 Å². The summed E-state index contributed by atoms with van der Waals surface area (Å²) in [5.41, 5.74) is 10.5. The van der Waals surface area contributed by atoms with Crippen molar-refractivity contribution in [1.82, 2.24) is 19.5 Å². The molecule has 6 nitrogen and oxygen atoms in total. The van der Waals surface area contributed by atoms with Crippen LogP contribution in [0.2, 0.25) is 0 Å². The molecular formula is C39H24N5O+. The van der Waals surface area contributed by atoms with E-state index in [4.69, 9.17) is 19.4 Å². The molecule has 3 aliphatic rings. The highest BCUT2D eigenvalue weighted by Gasteiger charge is 2.47. The summed E-state index contributed by atoms with van der Waals surface area (Å²) in [6.07, 6.45) is 6.58. The number of fused-ring (bicyclic) bond motifs is 9. The lowest BCUT2D eigenvalue weighted by atomic mass is 9.92. The minimum Gasteiger partial charge on any atom is -0.456 e. The van der Waals surface area contributed by atoms with Crippen LogP contribution in [0.25, 0.3) is 50.3 Å². The average Bonchev–Trinajstić information content (AvgIpc) is 3.66. The number of anilines is 2. The van der Waals surface area contributed by atoms with E-state index in [2.05, 4.69) is 76.2 Å². The summed E-state index contributed by atoms with van der Waals surface area (Å²) in [7, 11) is 0. The maximum Gasteiger partial charge on any atom is 0.442 e. The normalized spacial score (nSPS) is 16.1. The maximum atomic E-state index is 6.35. The van der Waals surface area contributed by atoms with Gasteiger partial charge in [0.05, 0.1) is 16.8 Å². The van der Waals surface area contributed by atoms with Crippen molar-refractivity contribution in [2.45, 2.75) is 6.04 Å². The Hall–Kier alpha value is -6.14. The third-order valence-electron chi connectivity index (χ3n) is 8.97. The topological polar surface area (TPSA) is 58.1 Å². The van der Waals surface area contributed by atoms with Gasteiger partial charge in [0, 0.05) is 22.1 Å². The Morgan fingerprint density at radius 2 is 1.33 bits per heavy atom. The molecule has 0 saturated carbocycles. The molecule has 0 fully saturated rings. The first-order valence-corrected chi connectivity index (χ1v) is 15.1. The summed E-state index contributed by atoms with van der Waals surface area (Å²) in [4.78, 5) is 17.7. The molecule has 6 heteroatoms. The van der Waals surface area contributed by atoms with E-state index in [1.54, 1.807) is 0 Å². The number of furan rings is 1. The highest BCUT2D eigenvalue weighted by atomic mass is 16.3. The Balaban J connectivity index is 1.27. The first-order chi connectivity index (χ1) is 22.3. The number of nitrogens with zero attached hydrogens (tertiary/aromatic N) is 5. The van der Waals surface area contributed by atoms with Crippen LogP contribution in [0.4, 0.5) is 23.0 Å². The summed E-state index contributed by atoms with van der Waals surface area (Å²) in [6, 6.07) is 41.4. The van der Waals surface area contributed by atoms with Crippen molar-refractivity contribution >= 4 is 56.2 Å². The number of allylic oxidation sites excluding steroid dienone is 2. The number of aromatic nitrogens is 3. The Morgan fingerprint density at radius 1 is 0.644 bits per heavy atom. The monoisotopic (exact) mass is 578 g/mol. The second kappa shape index (κ2) is 9.18. The van der Waals surface area contributed by atoms with Gasteiger partial charge in [-0.1, -0.05) is 78.9 Å². The van der Waals surface area contributed by atoms with Gasteiger partial charge in [-0.3, -0.25) is 0 Å². The van der Waals surface area contributed by atoms with Crippen LogP contribution >= 0.6 is 0 Å². The van der Waals surface area contributed by atoms with Crippen LogP contribution in [0, 0.1) is 0 Å². The van der Waals surface area contributed by atoms with E-state index in [9.17, 15) is 0 Å². The van der Waals surface area contributed by atoms with Gasteiger partial charge in [0.1, 0.15) is 28.6 Å². The number of para-hydroxylation sites is 3. The second-order valence-electron chi connectivity index (χ2n) is 11.5. The van der Waals surface area contributed by atoms with Gasteiger partial charge in [0.25, 0.3) is 0 Å². The Labute approximate surface area is 258 Å². The van der Waals surface area contributed by atoms with Crippen molar-refractivity contribution in [3.8, 4) is 22.8 Å². The molecule has 0 amide bonds. The maximum absolute atomic E-state index is 6.35. The van der Waals surface area contributed by atoms with Crippen LogP contribution < -0.4 is 9.48 Å². The van der Waals surface area contributed by atoms with Gasteiger partial charge >= 0.3 is 5.95 Å². The molecule has 10 rings (SSSR count). The fourth-order valence-corrected chi connectivity index (χ4v) is 7.08. The van der Waals surface area contributed by atoms with Crippen molar-refractivity contribution in [2.75, 3.05) is 4.90 Å². The number of hydrogen-bond donors (Lipinski definition) is 0. The van der Waals surface area contributed by atoms with Gasteiger partial charge in [-0.15, -0.1) is 0 Å². The predicted molar refractivity (Wildman–Crippen MR) is 180 cm³/mol. The van der Waals surface area contributed by atoms with Gasteiger partial charge in [-0.25, -0.2) is 0 Å². The smallest absolute Gasteiger partial charge is 0.442 e. The third kappa shape index (κ3) is 3.45. The molecule has 1 unspecified atom stereocenters. The van der Waals surface area contributed by atoms with Crippen LogP contribution in [0.1, 0.15) is 5.56 Å². The Bertz CT molecular complexity index is 2380. The van der Waals surface area contributed by atoms with Gasteiger partial charge in [0.15, 0.2) is 0 Å². The predicted octanol–water partition coefficient (Wildman–Crippen LogP) is 8.87. The molecule has 0 bridgehead atoms. The van der Waals surface area contributed by atoms with Crippen LogP contribution in [-0.2, 0) is 0 Å². The molecule has 0 radical (unpaired) electrons. The molecule has 1 atom stereocenters. The van der Waals surface area contributed by atoms with Crippen molar-refractivity contribution < 1.29 is 4.42 Å². The summed E-state index contributed by atoms with van der Waals surface area (Å²) in [6.45, 7) is 0. The Morgan fingerprint density at radius 3 is 2.11 bits per heavy atom. The zero-order valence-corrected chi connectivity index (χ0v) is 24.0. The molecule has 2 aliphatic heterocycles. The van der Waals surface area contributed by atoms with E-state index < -0.39 is 0 Å². The number of rotatable bonds is 3. The molecule has 0 N–H and O–H groups in total. The fourth-order valence-electron chi connectivity index (χ4n) is 7.08. The zero-order valence-electron chi connectivity index (χ0n) is 24.0. The van der Waals surface area contributed by atoms with Gasteiger partial charge in [-0.2, -0.15) is 9.56 Å². The highest BCUT2D eigenvalue weighted by molar-refractivity contribution is 6.26. The standard InChI is InChI=1S/C39H24N5O/c1-3-12-24(13-4-1)37-40-38(25-14-5-2-6-15-25)42-39(41-37)43-29-18-8-9-19-30(29)44-35-26(17-11-20-31(35)43)27-22-23-33-34(36(27)44)28-16-7-10-21-32(28)45-33/h1-23,35H/q+1. The molecule has 7 aromatic rings. The van der Waals surface area contributed by atoms with Crippen LogP contribution in [-0.4, -0.2) is 26.7 Å². The molecule has 210 valence electrons. The van der Waals surface area contributed by atoms with Crippen LogP contribution in [0.5, 0.6) is 0 Å². The lowest BCUT2D eigenvalue weighted by molar-refractivity contribution is 0.669. The second-order valence-corrected chi connectivity index (χ2v) is 11.5. The third-order valence-corrected chi connectivity index (χ3v) is 8.97. The van der Waals surface area contributed by atoms with E-state index in [1.807, 2.05) is 72.8 Å². The fraction of sp³-hybridized carbons (Fsp3) is 0.0256. The molecule has 1 aliphatic carbocycles. The molecule has 0 spiro atoms. The van der Waals surface area contributed by atoms with E-state index in [0.717, 1.165) is 50.2 Å². The van der Waals surface area contributed by atoms with Gasteiger partial charge in [-0.05, 0) is 76.2 Å². The van der Waals surface area contributed by atoms with Crippen LogP contribution in [0.3, 0.4) is 0 Å². The van der Waals surface area contributed by atoms with E-state index >= 15 is 0 Å². The highest BCUT2D eigenvalue weighted by Crippen LogP contribution is 2.55. The first kappa shape index (κ1) is 24.3. The zero-order chi connectivity index (χ0) is 29.5.